The number of amides is 2. The van der Waals surface area contributed by atoms with Crippen molar-refractivity contribution in [3.8, 4) is 11.5 Å². The van der Waals surface area contributed by atoms with Crippen LogP contribution >= 0.6 is 0 Å². The molecule has 1 heterocycles. The number of amidine groups is 1. The number of carbonyl (C=O) groups is 2. The molecule has 1 aromatic rings. The molecule has 10 heteroatoms. The van der Waals surface area contributed by atoms with Crippen molar-refractivity contribution >= 4 is 17.8 Å². The fourth-order valence-electron chi connectivity index (χ4n) is 3.44. The molecular weight excluding hydrogens is 428 g/mol. The maximum atomic E-state index is 12.5. The van der Waals surface area contributed by atoms with Crippen LogP contribution in [-0.2, 0) is 20.8 Å². The molecule has 184 valence electrons. The molecule has 33 heavy (non-hydrogen) atoms. The van der Waals surface area contributed by atoms with Gasteiger partial charge >= 0.3 is 6.09 Å². The van der Waals surface area contributed by atoms with Crippen LogP contribution in [0, 0.1) is 0 Å². The minimum Gasteiger partial charge on any atom is -0.493 e. The van der Waals surface area contributed by atoms with E-state index in [2.05, 4.69) is 10.5 Å². The predicted octanol–water partition coefficient (Wildman–Crippen LogP) is 2.44. The van der Waals surface area contributed by atoms with Gasteiger partial charge in [-0.3, -0.25) is 9.69 Å². The molecule has 10 nitrogen and oxygen atoms in total. The number of likely N-dealkylation sites (tertiary alicyclic amines) is 1. The van der Waals surface area contributed by atoms with Crippen LogP contribution in [0.15, 0.2) is 23.4 Å². The molecule has 3 N–H and O–H groups in total. The monoisotopic (exact) mass is 464 g/mol. The molecule has 2 rings (SSSR count). The summed E-state index contributed by atoms with van der Waals surface area (Å²) in [5.41, 5.74) is 6.47. The lowest BCUT2D eigenvalue weighted by Gasteiger charge is -2.36. The van der Waals surface area contributed by atoms with Gasteiger partial charge in [-0.05, 0) is 64.2 Å². The minimum atomic E-state index is -0.601. The van der Waals surface area contributed by atoms with Crippen LogP contribution in [-0.4, -0.2) is 68.3 Å². The van der Waals surface area contributed by atoms with Gasteiger partial charge in [0, 0.05) is 13.1 Å². The van der Waals surface area contributed by atoms with E-state index in [4.69, 9.17) is 24.8 Å². The molecular formula is C23H36N4O6. The predicted molar refractivity (Wildman–Crippen MR) is 124 cm³/mol. The molecule has 0 aromatic heterocycles. The summed E-state index contributed by atoms with van der Waals surface area (Å²) in [5, 5.41) is 6.65. The summed E-state index contributed by atoms with van der Waals surface area (Å²) in [6, 6.07) is 5.19. The van der Waals surface area contributed by atoms with E-state index in [9.17, 15) is 9.59 Å². The molecule has 1 atom stereocenters. The van der Waals surface area contributed by atoms with Crippen molar-refractivity contribution in [3.63, 3.8) is 0 Å². The van der Waals surface area contributed by atoms with Crippen molar-refractivity contribution in [1.29, 1.82) is 0 Å². The highest BCUT2D eigenvalue weighted by molar-refractivity contribution is 5.88. The first-order valence-electron chi connectivity index (χ1n) is 11.1. The molecule has 1 saturated heterocycles. The van der Waals surface area contributed by atoms with Crippen molar-refractivity contribution in [2.24, 2.45) is 10.9 Å². The number of piperidine rings is 1. The van der Waals surface area contributed by atoms with Crippen LogP contribution < -0.4 is 20.5 Å². The lowest BCUT2D eigenvalue weighted by molar-refractivity contribution is -0.125. The van der Waals surface area contributed by atoms with Gasteiger partial charge in [0.25, 0.3) is 5.91 Å². The molecule has 2 amide bonds. The first-order valence-corrected chi connectivity index (χ1v) is 11.1. The van der Waals surface area contributed by atoms with E-state index in [1.54, 1.807) is 19.1 Å². The van der Waals surface area contributed by atoms with Crippen molar-refractivity contribution in [1.82, 2.24) is 10.2 Å². The molecule has 0 spiro atoms. The third-order valence-corrected chi connectivity index (χ3v) is 5.02. The van der Waals surface area contributed by atoms with Gasteiger partial charge in [-0.25, -0.2) is 4.79 Å². The molecule has 0 aliphatic carbocycles. The number of carbonyl (C=O) groups excluding carboxylic acids is 2. The van der Waals surface area contributed by atoms with E-state index in [1.807, 2.05) is 39.0 Å². The lowest BCUT2D eigenvalue weighted by Crippen LogP contribution is -2.52. The summed E-state index contributed by atoms with van der Waals surface area (Å²) < 4.78 is 16.0. The number of methoxy groups -OCH3 is 2. The van der Waals surface area contributed by atoms with Crippen molar-refractivity contribution in [3.05, 3.63) is 23.8 Å². The smallest absolute Gasteiger partial charge is 0.410 e. The van der Waals surface area contributed by atoms with Crippen molar-refractivity contribution < 1.29 is 28.6 Å². The van der Waals surface area contributed by atoms with E-state index in [0.717, 1.165) is 18.4 Å². The van der Waals surface area contributed by atoms with Gasteiger partial charge in [0.15, 0.2) is 23.9 Å². The molecule has 1 aromatic carbocycles. The Morgan fingerprint density at radius 2 is 1.91 bits per heavy atom. The highest BCUT2D eigenvalue weighted by Gasteiger charge is 2.33. The Kier molecular flexibility index (Phi) is 9.62. The highest BCUT2D eigenvalue weighted by Crippen LogP contribution is 2.27. The number of hydrogen-bond acceptors (Lipinski definition) is 7. The maximum Gasteiger partial charge on any atom is 0.410 e. The summed E-state index contributed by atoms with van der Waals surface area (Å²) in [6.45, 7) is 6.13. The standard InChI is InChI=1S/C23H36N4O6/c1-23(2,3)33-22(29)27-13-7-6-8-17(27)21(24)26-32-15-20(28)25-12-11-16-9-10-18(30-4)19(14-16)31-5/h9-10,14,17H,6-8,11-13,15H2,1-5H3,(H2,24,26)(H,25,28)/t17-/m1/s1. The lowest BCUT2D eigenvalue weighted by atomic mass is 10.0. The third kappa shape index (κ3) is 8.36. The fourth-order valence-corrected chi connectivity index (χ4v) is 3.44. The van der Waals surface area contributed by atoms with Crippen molar-refractivity contribution in [2.75, 3.05) is 33.9 Å². The number of oxime groups is 1. The Labute approximate surface area is 195 Å². The Balaban J connectivity index is 1.80. The van der Waals surface area contributed by atoms with Gasteiger partial charge in [0.1, 0.15) is 5.60 Å². The first kappa shape index (κ1) is 26.1. The van der Waals surface area contributed by atoms with Crippen LogP contribution in [0.3, 0.4) is 0 Å². The SMILES string of the molecule is COc1ccc(CCNC(=O)CO/N=C(/N)[C@H]2CCCCN2C(=O)OC(C)(C)C)cc1OC. The van der Waals surface area contributed by atoms with Gasteiger partial charge < -0.3 is 30.1 Å². The van der Waals surface area contributed by atoms with E-state index in [1.165, 1.54) is 0 Å². The quantitative estimate of drug-likeness (QED) is 0.327. The van der Waals surface area contributed by atoms with Crippen molar-refractivity contribution in [2.45, 2.75) is 58.1 Å². The molecule has 1 aliphatic heterocycles. The Bertz CT molecular complexity index is 837. The number of hydrogen-bond donors (Lipinski definition) is 2. The zero-order chi connectivity index (χ0) is 24.4. The number of ether oxygens (including phenoxy) is 3. The summed E-state index contributed by atoms with van der Waals surface area (Å²) in [7, 11) is 3.16. The summed E-state index contributed by atoms with van der Waals surface area (Å²) in [5.74, 6) is 1.12. The number of rotatable bonds is 9. The molecule has 0 radical (unpaired) electrons. The van der Waals surface area contributed by atoms with Crippen LogP contribution in [0.25, 0.3) is 0 Å². The maximum absolute atomic E-state index is 12.5. The third-order valence-electron chi connectivity index (χ3n) is 5.02. The number of benzene rings is 1. The van der Waals surface area contributed by atoms with Gasteiger partial charge in [0.05, 0.1) is 20.3 Å². The summed E-state index contributed by atoms with van der Waals surface area (Å²) >= 11 is 0. The van der Waals surface area contributed by atoms with Crippen LogP contribution in [0.1, 0.15) is 45.6 Å². The normalized spacial score (nSPS) is 16.7. The number of nitrogens with two attached hydrogens (primary N) is 1. The molecule has 0 bridgehead atoms. The van der Waals surface area contributed by atoms with E-state index < -0.39 is 17.7 Å². The second-order valence-corrected chi connectivity index (χ2v) is 8.76. The molecule has 0 unspecified atom stereocenters. The van der Waals surface area contributed by atoms with Gasteiger partial charge in [-0.15, -0.1) is 0 Å². The second-order valence-electron chi connectivity index (χ2n) is 8.76. The summed E-state index contributed by atoms with van der Waals surface area (Å²) in [4.78, 5) is 31.3. The average Bonchev–Trinajstić information content (AvgIpc) is 2.77. The molecule has 1 fully saturated rings. The average molecular weight is 465 g/mol. The Morgan fingerprint density at radius 1 is 1.18 bits per heavy atom. The Morgan fingerprint density at radius 3 is 2.58 bits per heavy atom. The molecule has 1 aliphatic rings. The minimum absolute atomic E-state index is 0.152. The van der Waals surface area contributed by atoms with E-state index >= 15 is 0 Å². The topological polar surface area (TPSA) is 125 Å². The zero-order valence-corrected chi connectivity index (χ0v) is 20.2. The van der Waals surface area contributed by atoms with E-state index in [0.29, 0.717) is 37.4 Å². The van der Waals surface area contributed by atoms with Gasteiger partial charge in [-0.1, -0.05) is 11.2 Å². The largest absolute Gasteiger partial charge is 0.493 e. The second kappa shape index (κ2) is 12.2. The molecule has 0 saturated carbocycles. The first-order chi connectivity index (χ1) is 15.6. The van der Waals surface area contributed by atoms with Crippen LogP contribution in [0.4, 0.5) is 4.79 Å². The fraction of sp³-hybridized carbons (Fsp3) is 0.609. The summed E-state index contributed by atoms with van der Waals surface area (Å²) in [6.07, 6.45) is 2.63. The number of nitrogens with zero attached hydrogens (tertiary/aromatic N) is 2. The van der Waals surface area contributed by atoms with Gasteiger partial charge in [-0.2, -0.15) is 0 Å². The zero-order valence-electron chi connectivity index (χ0n) is 20.2. The Hall–Kier alpha value is -3.17. The highest BCUT2D eigenvalue weighted by atomic mass is 16.6. The van der Waals surface area contributed by atoms with Gasteiger partial charge in [0.2, 0.25) is 0 Å². The van der Waals surface area contributed by atoms with Crippen LogP contribution in [0.2, 0.25) is 0 Å². The van der Waals surface area contributed by atoms with E-state index in [-0.39, 0.29) is 18.3 Å². The number of nitrogens with one attached hydrogen (secondary N) is 1. The van der Waals surface area contributed by atoms with Crippen LogP contribution in [0.5, 0.6) is 11.5 Å².